The van der Waals surface area contributed by atoms with Crippen LogP contribution in [-0.4, -0.2) is 67.3 Å². The first kappa shape index (κ1) is 22.1. The van der Waals surface area contributed by atoms with Gasteiger partial charge in [0.2, 0.25) is 5.91 Å². The Labute approximate surface area is 200 Å². The summed E-state index contributed by atoms with van der Waals surface area (Å²) in [5.74, 6) is -0.0922. The quantitative estimate of drug-likeness (QED) is 0.533. The summed E-state index contributed by atoms with van der Waals surface area (Å²) in [6.45, 7) is 4.83. The van der Waals surface area contributed by atoms with Crippen molar-refractivity contribution in [3.8, 4) is 0 Å². The van der Waals surface area contributed by atoms with E-state index in [0.717, 1.165) is 20.9 Å². The normalized spacial score (nSPS) is 20.4. The van der Waals surface area contributed by atoms with Gasteiger partial charge in [-0.2, -0.15) is 4.31 Å². The van der Waals surface area contributed by atoms with Crippen LogP contribution in [0.3, 0.4) is 0 Å². The number of carbonyl (C=O) groups excluding carboxylic acids is 1. The third-order valence-corrected chi connectivity index (χ3v) is 11.0. The number of halogens is 1. The Morgan fingerprint density at radius 2 is 1.94 bits per heavy atom. The van der Waals surface area contributed by atoms with Gasteiger partial charge < -0.3 is 9.80 Å². The predicted molar refractivity (Wildman–Crippen MR) is 129 cm³/mol. The molecule has 0 spiro atoms. The number of fused-ring (bicyclic) bond motifs is 1. The number of aromatic nitrogens is 1. The van der Waals surface area contributed by atoms with Gasteiger partial charge in [-0.15, -0.1) is 11.3 Å². The van der Waals surface area contributed by atoms with Crippen molar-refractivity contribution in [1.29, 1.82) is 0 Å². The van der Waals surface area contributed by atoms with Crippen LogP contribution in [0.25, 0.3) is 10.2 Å². The molecule has 0 aliphatic carbocycles. The van der Waals surface area contributed by atoms with Gasteiger partial charge in [0, 0.05) is 32.7 Å². The first-order valence-electron chi connectivity index (χ1n) is 10.5. The zero-order valence-electron chi connectivity index (χ0n) is 17.5. The van der Waals surface area contributed by atoms with E-state index in [9.17, 15) is 13.2 Å². The minimum absolute atomic E-state index is 0.0922. The second-order valence-corrected chi connectivity index (χ2v) is 12.5. The van der Waals surface area contributed by atoms with E-state index in [1.54, 1.807) is 33.7 Å². The van der Waals surface area contributed by atoms with Crippen molar-refractivity contribution in [1.82, 2.24) is 14.2 Å². The molecule has 1 aromatic carbocycles. The highest BCUT2D eigenvalue weighted by Crippen LogP contribution is 2.36. The molecule has 3 aromatic rings. The van der Waals surface area contributed by atoms with Gasteiger partial charge in [-0.05, 0) is 42.8 Å². The lowest BCUT2D eigenvalue weighted by Gasteiger charge is -2.37. The number of benzene rings is 1. The molecule has 7 nitrogen and oxygen atoms in total. The SMILES string of the molecule is Cc1ccc(Cl)c2sc(N3CCN(C(=O)[C@@H]4CCCN4S(=O)(=O)c4cccs4)CC3)nc12. The van der Waals surface area contributed by atoms with E-state index in [4.69, 9.17) is 16.6 Å². The molecule has 32 heavy (non-hydrogen) atoms. The van der Waals surface area contributed by atoms with E-state index in [1.807, 2.05) is 19.1 Å². The fraction of sp³-hybridized carbons (Fsp3) is 0.429. The molecule has 1 amide bonds. The monoisotopic (exact) mass is 510 g/mol. The Bertz CT molecular complexity index is 1210. The van der Waals surface area contributed by atoms with Gasteiger partial charge in [-0.1, -0.05) is 35.1 Å². The number of rotatable bonds is 4. The van der Waals surface area contributed by atoms with Crippen molar-refractivity contribution in [3.05, 3.63) is 40.2 Å². The molecular formula is C21H23ClN4O3S3. The van der Waals surface area contributed by atoms with E-state index in [1.165, 1.54) is 15.6 Å². The van der Waals surface area contributed by atoms with Crippen LogP contribution >= 0.6 is 34.3 Å². The zero-order chi connectivity index (χ0) is 22.5. The molecule has 2 aliphatic rings. The maximum absolute atomic E-state index is 13.3. The summed E-state index contributed by atoms with van der Waals surface area (Å²) >= 11 is 9.12. The number of hydrogen-bond donors (Lipinski definition) is 0. The number of nitrogens with zero attached hydrogens (tertiary/aromatic N) is 4. The Hall–Kier alpha value is -1.72. The maximum atomic E-state index is 13.3. The molecule has 2 aliphatic heterocycles. The van der Waals surface area contributed by atoms with Gasteiger partial charge >= 0.3 is 0 Å². The highest BCUT2D eigenvalue weighted by Gasteiger charge is 2.42. The van der Waals surface area contributed by atoms with Crippen LogP contribution in [0.15, 0.2) is 33.9 Å². The molecule has 0 unspecified atom stereocenters. The molecule has 2 fully saturated rings. The molecule has 5 rings (SSSR count). The number of hydrogen-bond acceptors (Lipinski definition) is 7. The Morgan fingerprint density at radius 3 is 2.62 bits per heavy atom. The van der Waals surface area contributed by atoms with Crippen molar-refractivity contribution in [3.63, 3.8) is 0 Å². The van der Waals surface area contributed by atoms with E-state index in [2.05, 4.69) is 4.90 Å². The molecular weight excluding hydrogens is 488 g/mol. The van der Waals surface area contributed by atoms with Crippen LogP contribution in [0.1, 0.15) is 18.4 Å². The maximum Gasteiger partial charge on any atom is 0.253 e. The largest absolute Gasteiger partial charge is 0.345 e. The summed E-state index contributed by atoms with van der Waals surface area (Å²) < 4.78 is 28.7. The molecule has 2 aromatic heterocycles. The molecule has 0 bridgehead atoms. The van der Waals surface area contributed by atoms with Crippen LogP contribution < -0.4 is 4.90 Å². The average molecular weight is 511 g/mol. The molecule has 0 saturated carbocycles. The predicted octanol–water partition coefficient (Wildman–Crippen LogP) is 3.82. The molecule has 170 valence electrons. The number of sulfonamides is 1. The van der Waals surface area contributed by atoms with E-state index >= 15 is 0 Å². The van der Waals surface area contributed by atoms with Crippen LogP contribution in [0.5, 0.6) is 0 Å². The highest BCUT2D eigenvalue weighted by atomic mass is 35.5. The molecule has 11 heteroatoms. The average Bonchev–Trinajstić information content (AvgIpc) is 3.56. The fourth-order valence-corrected chi connectivity index (χ4v) is 8.49. The van der Waals surface area contributed by atoms with Crippen molar-refractivity contribution < 1.29 is 13.2 Å². The van der Waals surface area contributed by atoms with E-state index < -0.39 is 16.1 Å². The molecule has 4 heterocycles. The van der Waals surface area contributed by atoms with Crippen molar-refractivity contribution >= 4 is 65.6 Å². The van der Waals surface area contributed by atoms with Crippen molar-refractivity contribution in [2.75, 3.05) is 37.6 Å². The number of carbonyl (C=O) groups is 1. The first-order valence-corrected chi connectivity index (χ1v) is 14.0. The third-order valence-electron chi connectivity index (χ3n) is 6.09. The molecule has 0 N–H and O–H groups in total. The summed E-state index contributed by atoms with van der Waals surface area (Å²) in [5, 5.41) is 3.36. The summed E-state index contributed by atoms with van der Waals surface area (Å²) in [6.07, 6.45) is 1.27. The number of anilines is 1. The fourth-order valence-electron chi connectivity index (χ4n) is 4.36. The standard InChI is InChI=1S/C21H23ClN4O3S3/c1-14-6-7-15(22)19-18(14)23-21(31-19)25-11-9-24(10-12-25)20(27)16-4-2-8-26(16)32(28,29)17-5-3-13-30-17/h3,5-7,13,16H,2,4,8-12H2,1H3/t16-/m0/s1. The van der Waals surface area contributed by atoms with Gasteiger partial charge in [0.25, 0.3) is 10.0 Å². The van der Waals surface area contributed by atoms with Crippen molar-refractivity contribution in [2.45, 2.75) is 30.0 Å². The van der Waals surface area contributed by atoms with E-state index in [-0.39, 0.29) is 5.91 Å². The number of aryl methyl sites for hydroxylation is 1. The topological polar surface area (TPSA) is 73.8 Å². The Balaban J connectivity index is 1.29. The summed E-state index contributed by atoms with van der Waals surface area (Å²) in [7, 11) is -3.63. The Morgan fingerprint density at radius 1 is 1.16 bits per heavy atom. The number of piperazine rings is 1. The molecule has 1 atom stereocenters. The van der Waals surface area contributed by atoms with Gasteiger partial charge in [0.15, 0.2) is 5.13 Å². The molecule has 2 saturated heterocycles. The van der Waals surface area contributed by atoms with Gasteiger partial charge in [-0.25, -0.2) is 13.4 Å². The first-order chi connectivity index (χ1) is 15.4. The van der Waals surface area contributed by atoms with Crippen molar-refractivity contribution in [2.24, 2.45) is 0 Å². The second-order valence-electron chi connectivity index (χ2n) is 8.06. The summed E-state index contributed by atoms with van der Waals surface area (Å²) in [4.78, 5) is 22.0. The molecule has 0 radical (unpaired) electrons. The van der Waals surface area contributed by atoms with Crippen LogP contribution in [-0.2, 0) is 14.8 Å². The van der Waals surface area contributed by atoms with Gasteiger partial charge in [0.1, 0.15) is 10.3 Å². The van der Waals surface area contributed by atoms with Gasteiger partial charge in [0.05, 0.1) is 15.2 Å². The lowest BCUT2D eigenvalue weighted by Crippen LogP contribution is -2.54. The minimum atomic E-state index is -3.63. The minimum Gasteiger partial charge on any atom is -0.345 e. The lowest BCUT2D eigenvalue weighted by atomic mass is 10.2. The number of amides is 1. The summed E-state index contributed by atoms with van der Waals surface area (Å²) in [5.41, 5.74) is 2.02. The van der Waals surface area contributed by atoms with Gasteiger partial charge in [-0.3, -0.25) is 4.79 Å². The lowest BCUT2D eigenvalue weighted by molar-refractivity contribution is -0.134. The van der Waals surface area contributed by atoms with Crippen LogP contribution in [0, 0.1) is 6.92 Å². The summed E-state index contributed by atoms with van der Waals surface area (Å²) in [6, 6.07) is 6.58. The second kappa shape index (κ2) is 8.57. The van der Waals surface area contributed by atoms with Crippen LogP contribution in [0.2, 0.25) is 5.02 Å². The Kier molecular flexibility index (Phi) is 5.91. The third kappa shape index (κ3) is 3.81. The van der Waals surface area contributed by atoms with Crippen LogP contribution in [0.4, 0.5) is 5.13 Å². The van der Waals surface area contributed by atoms with E-state index in [0.29, 0.717) is 54.8 Å². The smallest absolute Gasteiger partial charge is 0.253 e. The number of thiophene rings is 1. The zero-order valence-corrected chi connectivity index (χ0v) is 20.7. The highest BCUT2D eigenvalue weighted by molar-refractivity contribution is 7.91. The number of thiazole rings is 1.